The zero-order valence-electron chi connectivity index (χ0n) is 13.2. The van der Waals surface area contributed by atoms with E-state index in [-0.39, 0.29) is 24.4 Å². The predicted octanol–water partition coefficient (Wildman–Crippen LogP) is 3.75. The normalized spacial score (nSPS) is 11.2. The lowest BCUT2D eigenvalue weighted by Crippen LogP contribution is -2.19. The number of nitrogens with one attached hydrogen (secondary N) is 1. The van der Waals surface area contributed by atoms with E-state index >= 15 is 0 Å². The fourth-order valence-corrected chi connectivity index (χ4v) is 1.96. The Morgan fingerprint density at radius 2 is 1.78 bits per heavy atom. The summed E-state index contributed by atoms with van der Waals surface area (Å²) in [4.78, 5) is 11.7. The van der Waals surface area contributed by atoms with E-state index in [9.17, 15) is 4.79 Å². The Bertz CT molecular complexity index is 586. The van der Waals surface area contributed by atoms with Crippen LogP contribution in [0.2, 0.25) is 0 Å². The summed E-state index contributed by atoms with van der Waals surface area (Å²) in [6.07, 6.45) is 1.12. The SMILES string of the molecule is CC(N)CCC(=O)Nc1ccc(OCc2ccccc2)cc1.Cl. The second kappa shape index (κ2) is 9.87. The van der Waals surface area contributed by atoms with E-state index in [1.54, 1.807) is 0 Å². The molecule has 0 aliphatic rings. The largest absolute Gasteiger partial charge is 0.489 e. The van der Waals surface area contributed by atoms with Gasteiger partial charge in [0.25, 0.3) is 0 Å². The molecule has 0 spiro atoms. The van der Waals surface area contributed by atoms with Gasteiger partial charge < -0.3 is 15.8 Å². The number of carbonyl (C=O) groups is 1. The van der Waals surface area contributed by atoms with Gasteiger partial charge in [-0.05, 0) is 43.2 Å². The first-order valence-electron chi connectivity index (χ1n) is 7.46. The second-order valence-corrected chi connectivity index (χ2v) is 5.36. The minimum Gasteiger partial charge on any atom is -0.489 e. The zero-order chi connectivity index (χ0) is 15.8. The minimum absolute atomic E-state index is 0. The van der Waals surface area contributed by atoms with Crippen molar-refractivity contribution in [3.05, 3.63) is 60.2 Å². The zero-order valence-corrected chi connectivity index (χ0v) is 14.0. The number of hydrogen-bond donors (Lipinski definition) is 2. The van der Waals surface area contributed by atoms with Gasteiger partial charge in [0.05, 0.1) is 0 Å². The summed E-state index contributed by atoms with van der Waals surface area (Å²) in [6, 6.07) is 17.4. The van der Waals surface area contributed by atoms with Crippen molar-refractivity contribution in [2.24, 2.45) is 5.73 Å². The van der Waals surface area contributed by atoms with Crippen molar-refractivity contribution >= 4 is 24.0 Å². The number of anilines is 1. The Morgan fingerprint density at radius 3 is 2.39 bits per heavy atom. The van der Waals surface area contributed by atoms with E-state index in [2.05, 4.69) is 5.32 Å². The van der Waals surface area contributed by atoms with Crippen molar-refractivity contribution in [1.29, 1.82) is 0 Å². The third kappa shape index (κ3) is 7.17. The highest BCUT2D eigenvalue weighted by Gasteiger charge is 2.04. The summed E-state index contributed by atoms with van der Waals surface area (Å²) in [5.74, 6) is 0.757. The molecule has 0 saturated carbocycles. The minimum atomic E-state index is -0.0183. The number of benzene rings is 2. The molecule has 0 fully saturated rings. The van der Waals surface area contributed by atoms with Gasteiger partial charge in [-0.1, -0.05) is 30.3 Å². The maximum atomic E-state index is 11.7. The smallest absolute Gasteiger partial charge is 0.224 e. The van der Waals surface area contributed by atoms with Crippen LogP contribution < -0.4 is 15.8 Å². The van der Waals surface area contributed by atoms with Gasteiger partial charge >= 0.3 is 0 Å². The van der Waals surface area contributed by atoms with Gasteiger partial charge in [-0.15, -0.1) is 12.4 Å². The Labute approximate surface area is 143 Å². The molecule has 2 aromatic carbocycles. The Hall–Kier alpha value is -2.04. The van der Waals surface area contributed by atoms with Gasteiger partial charge in [0.1, 0.15) is 12.4 Å². The van der Waals surface area contributed by atoms with Crippen LogP contribution in [0.4, 0.5) is 5.69 Å². The molecule has 1 amide bonds. The monoisotopic (exact) mass is 334 g/mol. The predicted molar refractivity (Wildman–Crippen MR) is 96.0 cm³/mol. The quantitative estimate of drug-likeness (QED) is 0.810. The molecule has 1 atom stereocenters. The van der Waals surface area contributed by atoms with Crippen LogP contribution in [0.1, 0.15) is 25.3 Å². The van der Waals surface area contributed by atoms with Gasteiger partial charge in [0.15, 0.2) is 0 Å². The van der Waals surface area contributed by atoms with Crippen LogP contribution in [0, 0.1) is 0 Å². The van der Waals surface area contributed by atoms with E-state index in [0.717, 1.165) is 17.0 Å². The standard InChI is InChI=1S/C18H22N2O2.ClH/c1-14(19)7-12-18(21)20-16-8-10-17(11-9-16)22-13-15-5-3-2-4-6-15;/h2-6,8-11,14H,7,12-13,19H2,1H3,(H,20,21);1H. The molecule has 0 radical (unpaired) electrons. The summed E-state index contributed by atoms with van der Waals surface area (Å²) >= 11 is 0. The van der Waals surface area contributed by atoms with Crippen molar-refractivity contribution < 1.29 is 9.53 Å². The average molecular weight is 335 g/mol. The highest BCUT2D eigenvalue weighted by molar-refractivity contribution is 5.90. The lowest BCUT2D eigenvalue weighted by atomic mass is 10.2. The second-order valence-electron chi connectivity index (χ2n) is 5.36. The van der Waals surface area contributed by atoms with Crippen molar-refractivity contribution in [2.75, 3.05) is 5.32 Å². The molecule has 0 aromatic heterocycles. The topological polar surface area (TPSA) is 64.4 Å². The van der Waals surface area contributed by atoms with Gasteiger partial charge in [-0.2, -0.15) is 0 Å². The van der Waals surface area contributed by atoms with Crippen molar-refractivity contribution in [3.8, 4) is 5.75 Å². The number of hydrogen-bond acceptors (Lipinski definition) is 3. The average Bonchev–Trinajstić information content (AvgIpc) is 2.53. The maximum absolute atomic E-state index is 11.7. The number of halogens is 1. The molecule has 5 heteroatoms. The number of rotatable bonds is 7. The molecule has 3 N–H and O–H groups in total. The van der Waals surface area contributed by atoms with E-state index < -0.39 is 0 Å². The molecular weight excluding hydrogens is 312 g/mol. The lowest BCUT2D eigenvalue weighted by molar-refractivity contribution is -0.116. The van der Waals surface area contributed by atoms with Gasteiger partial charge in [-0.25, -0.2) is 0 Å². The number of amides is 1. The van der Waals surface area contributed by atoms with E-state index in [1.807, 2.05) is 61.5 Å². The number of ether oxygens (including phenoxy) is 1. The van der Waals surface area contributed by atoms with Crippen LogP contribution in [-0.2, 0) is 11.4 Å². The highest BCUT2D eigenvalue weighted by Crippen LogP contribution is 2.17. The Balaban J connectivity index is 0.00000264. The molecule has 23 heavy (non-hydrogen) atoms. The molecule has 0 aliphatic carbocycles. The lowest BCUT2D eigenvalue weighted by Gasteiger charge is -2.09. The fraction of sp³-hybridized carbons (Fsp3) is 0.278. The third-order valence-electron chi connectivity index (χ3n) is 3.21. The molecule has 0 bridgehead atoms. The summed E-state index contributed by atoms with van der Waals surface area (Å²) in [5, 5.41) is 2.85. The van der Waals surface area contributed by atoms with Crippen molar-refractivity contribution in [3.63, 3.8) is 0 Å². The van der Waals surface area contributed by atoms with E-state index in [1.165, 1.54) is 0 Å². The van der Waals surface area contributed by atoms with Gasteiger partial charge in [-0.3, -0.25) is 4.79 Å². The maximum Gasteiger partial charge on any atom is 0.224 e. The Morgan fingerprint density at radius 1 is 1.13 bits per heavy atom. The highest BCUT2D eigenvalue weighted by atomic mass is 35.5. The van der Waals surface area contributed by atoms with Gasteiger partial charge in [0, 0.05) is 18.2 Å². The van der Waals surface area contributed by atoms with Crippen LogP contribution in [-0.4, -0.2) is 11.9 Å². The molecule has 124 valence electrons. The molecule has 1 unspecified atom stereocenters. The first-order chi connectivity index (χ1) is 10.6. The Kier molecular flexibility index (Phi) is 8.16. The molecular formula is C18H23ClN2O2. The van der Waals surface area contributed by atoms with E-state index in [0.29, 0.717) is 19.4 Å². The van der Waals surface area contributed by atoms with Crippen LogP contribution in [0.25, 0.3) is 0 Å². The molecule has 4 nitrogen and oxygen atoms in total. The molecule has 2 rings (SSSR count). The summed E-state index contributed by atoms with van der Waals surface area (Å²) < 4.78 is 5.70. The summed E-state index contributed by atoms with van der Waals surface area (Å²) in [7, 11) is 0. The number of nitrogens with two attached hydrogens (primary N) is 1. The third-order valence-corrected chi connectivity index (χ3v) is 3.21. The van der Waals surface area contributed by atoms with E-state index in [4.69, 9.17) is 10.5 Å². The first kappa shape index (κ1) is 19.0. The van der Waals surface area contributed by atoms with Gasteiger partial charge in [0.2, 0.25) is 5.91 Å². The van der Waals surface area contributed by atoms with Crippen molar-refractivity contribution in [2.45, 2.75) is 32.4 Å². The molecule has 0 saturated heterocycles. The first-order valence-corrected chi connectivity index (χ1v) is 7.46. The fourth-order valence-electron chi connectivity index (χ4n) is 1.96. The number of carbonyl (C=O) groups excluding carboxylic acids is 1. The summed E-state index contributed by atoms with van der Waals surface area (Å²) in [5.41, 5.74) is 7.53. The summed E-state index contributed by atoms with van der Waals surface area (Å²) in [6.45, 7) is 2.42. The molecule has 0 aliphatic heterocycles. The van der Waals surface area contributed by atoms with Crippen LogP contribution in [0.15, 0.2) is 54.6 Å². The molecule has 0 heterocycles. The van der Waals surface area contributed by atoms with Crippen LogP contribution >= 0.6 is 12.4 Å². The molecule has 2 aromatic rings. The van der Waals surface area contributed by atoms with Crippen molar-refractivity contribution in [1.82, 2.24) is 0 Å². The van der Waals surface area contributed by atoms with Crippen LogP contribution in [0.3, 0.4) is 0 Å². The van der Waals surface area contributed by atoms with Crippen LogP contribution in [0.5, 0.6) is 5.75 Å².